The second kappa shape index (κ2) is 4.97. The van der Waals surface area contributed by atoms with Crippen LogP contribution in [-0.2, 0) is 4.74 Å². The van der Waals surface area contributed by atoms with Gasteiger partial charge in [-0.2, -0.15) is 0 Å². The van der Waals surface area contributed by atoms with Crippen molar-refractivity contribution in [3.63, 3.8) is 0 Å². The van der Waals surface area contributed by atoms with E-state index in [1.54, 1.807) is 0 Å². The Morgan fingerprint density at radius 2 is 2.15 bits per heavy atom. The van der Waals surface area contributed by atoms with Crippen molar-refractivity contribution in [3.8, 4) is 0 Å². The summed E-state index contributed by atoms with van der Waals surface area (Å²) in [6.45, 7) is 10.4. The Balaban J connectivity index is 2.50. The Bertz CT molecular complexity index is 147. The molecule has 0 bridgehead atoms. The smallest absolute Gasteiger partial charge is 0.0729 e. The average molecular weight is 185 g/mol. The van der Waals surface area contributed by atoms with Gasteiger partial charge in [0.05, 0.1) is 6.10 Å². The van der Waals surface area contributed by atoms with Crippen LogP contribution < -0.4 is 0 Å². The Hall–Kier alpha value is -0.0800. The van der Waals surface area contributed by atoms with Gasteiger partial charge in [0.15, 0.2) is 0 Å². The van der Waals surface area contributed by atoms with E-state index in [4.69, 9.17) is 4.74 Å². The van der Waals surface area contributed by atoms with E-state index < -0.39 is 0 Å². The maximum absolute atomic E-state index is 5.56. The molecule has 0 aromatic heterocycles. The average Bonchev–Trinajstić information content (AvgIpc) is 2.16. The molecule has 0 N–H and O–H groups in total. The first-order chi connectivity index (χ1) is 6.19. The number of rotatable bonds is 3. The second-order valence-electron chi connectivity index (χ2n) is 4.36. The largest absolute Gasteiger partial charge is 0.380 e. The summed E-state index contributed by atoms with van der Waals surface area (Å²) < 4.78 is 5.56. The van der Waals surface area contributed by atoms with Gasteiger partial charge in [-0.25, -0.2) is 0 Å². The fourth-order valence-corrected chi connectivity index (χ4v) is 2.30. The quantitative estimate of drug-likeness (QED) is 0.667. The molecule has 2 atom stereocenters. The van der Waals surface area contributed by atoms with E-state index in [9.17, 15) is 0 Å². The van der Waals surface area contributed by atoms with Gasteiger partial charge in [0.1, 0.15) is 0 Å². The number of piperidine rings is 1. The molecule has 0 aliphatic carbocycles. The van der Waals surface area contributed by atoms with E-state index in [0.717, 1.165) is 24.9 Å². The molecule has 78 valence electrons. The summed E-state index contributed by atoms with van der Waals surface area (Å²) in [5.74, 6) is 1.51. The molecule has 0 aromatic rings. The summed E-state index contributed by atoms with van der Waals surface area (Å²) in [7, 11) is 1.85. The topological polar surface area (TPSA) is 12.5 Å². The van der Waals surface area contributed by atoms with Crippen molar-refractivity contribution in [2.75, 3.05) is 26.7 Å². The number of ether oxygens (including phenoxy) is 1. The van der Waals surface area contributed by atoms with Crippen LogP contribution in [0.5, 0.6) is 0 Å². The number of nitrogens with zero attached hydrogens (tertiary/aromatic N) is 1. The minimum Gasteiger partial charge on any atom is -0.380 e. The number of hydrogen-bond acceptors (Lipinski definition) is 2. The van der Waals surface area contributed by atoms with Gasteiger partial charge >= 0.3 is 0 Å². The predicted octanol–water partition coefficient (Wildman–Crippen LogP) is 2.00. The SMILES string of the molecule is CCN1CC[C@@H](C(C)C)[C@H](OC)C1. The van der Waals surface area contributed by atoms with Gasteiger partial charge < -0.3 is 9.64 Å². The fourth-order valence-electron chi connectivity index (χ4n) is 2.30. The molecule has 1 saturated heterocycles. The van der Waals surface area contributed by atoms with E-state index in [2.05, 4.69) is 25.7 Å². The monoisotopic (exact) mass is 185 g/mol. The lowest BCUT2D eigenvalue weighted by Gasteiger charge is -2.39. The van der Waals surface area contributed by atoms with Gasteiger partial charge in [0.25, 0.3) is 0 Å². The molecule has 13 heavy (non-hydrogen) atoms. The van der Waals surface area contributed by atoms with Gasteiger partial charge in [-0.15, -0.1) is 0 Å². The third kappa shape index (κ3) is 2.68. The molecule has 1 aliphatic heterocycles. The Morgan fingerprint density at radius 3 is 2.62 bits per heavy atom. The van der Waals surface area contributed by atoms with Crippen molar-refractivity contribution in [2.45, 2.75) is 33.3 Å². The summed E-state index contributed by atoms with van der Waals surface area (Å²) in [4.78, 5) is 2.48. The molecule has 2 nitrogen and oxygen atoms in total. The maximum atomic E-state index is 5.56. The highest BCUT2D eigenvalue weighted by Gasteiger charge is 2.30. The first-order valence-corrected chi connectivity index (χ1v) is 5.44. The lowest BCUT2D eigenvalue weighted by molar-refractivity contribution is -0.0255. The zero-order valence-electron chi connectivity index (χ0n) is 9.42. The van der Waals surface area contributed by atoms with Crippen LogP contribution in [-0.4, -0.2) is 37.7 Å². The molecule has 0 amide bonds. The normalized spacial score (nSPS) is 31.2. The maximum Gasteiger partial charge on any atom is 0.0729 e. The third-order valence-corrected chi connectivity index (χ3v) is 3.30. The van der Waals surface area contributed by atoms with Crippen molar-refractivity contribution in [1.82, 2.24) is 4.90 Å². The van der Waals surface area contributed by atoms with Crippen molar-refractivity contribution in [1.29, 1.82) is 0 Å². The van der Waals surface area contributed by atoms with E-state index in [1.807, 2.05) is 7.11 Å². The Labute approximate surface area is 82.3 Å². The Kier molecular flexibility index (Phi) is 4.20. The van der Waals surface area contributed by atoms with Crippen molar-refractivity contribution < 1.29 is 4.74 Å². The molecule has 2 heteroatoms. The van der Waals surface area contributed by atoms with Gasteiger partial charge in [0.2, 0.25) is 0 Å². The zero-order chi connectivity index (χ0) is 9.84. The van der Waals surface area contributed by atoms with Crippen LogP contribution >= 0.6 is 0 Å². The number of methoxy groups -OCH3 is 1. The van der Waals surface area contributed by atoms with Crippen LogP contribution in [0.1, 0.15) is 27.2 Å². The van der Waals surface area contributed by atoms with Crippen LogP contribution in [0.3, 0.4) is 0 Å². The summed E-state index contributed by atoms with van der Waals surface area (Å²) in [6, 6.07) is 0. The van der Waals surface area contributed by atoms with Gasteiger partial charge in [-0.1, -0.05) is 20.8 Å². The number of likely N-dealkylation sites (tertiary alicyclic amines) is 1. The second-order valence-corrected chi connectivity index (χ2v) is 4.36. The molecular weight excluding hydrogens is 162 g/mol. The molecule has 1 fully saturated rings. The van der Waals surface area contributed by atoms with Gasteiger partial charge in [-0.3, -0.25) is 0 Å². The highest BCUT2D eigenvalue weighted by Crippen LogP contribution is 2.26. The predicted molar refractivity (Wildman–Crippen MR) is 55.9 cm³/mol. The molecule has 0 aromatic carbocycles. The third-order valence-electron chi connectivity index (χ3n) is 3.30. The molecule has 1 rings (SSSR count). The standard InChI is InChI=1S/C11H23NO/c1-5-12-7-6-10(9(2)3)11(8-12)13-4/h9-11H,5-8H2,1-4H3/t10-,11+/m0/s1. The molecule has 1 heterocycles. The summed E-state index contributed by atoms with van der Waals surface area (Å²) in [6.07, 6.45) is 1.75. The van der Waals surface area contributed by atoms with E-state index >= 15 is 0 Å². The zero-order valence-corrected chi connectivity index (χ0v) is 9.42. The van der Waals surface area contributed by atoms with E-state index in [0.29, 0.717) is 6.10 Å². The molecular formula is C11H23NO. The molecule has 1 aliphatic rings. The van der Waals surface area contributed by atoms with Crippen LogP contribution in [0, 0.1) is 11.8 Å². The number of likely N-dealkylation sites (N-methyl/N-ethyl adjacent to an activating group) is 1. The summed E-state index contributed by atoms with van der Waals surface area (Å²) >= 11 is 0. The van der Waals surface area contributed by atoms with Crippen LogP contribution in [0.15, 0.2) is 0 Å². The molecule has 0 radical (unpaired) electrons. The lowest BCUT2D eigenvalue weighted by Crippen LogP contribution is -2.46. The van der Waals surface area contributed by atoms with Crippen molar-refractivity contribution in [3.05, 3.63) is 0 Å². The van der Waals surface area contributed by atoms with E-state index in [-0.39, 0.29) is 0 Å². The Morgan fingerprint density at radius 1 is 1.46 bits per heavy atom. The van der Waals surface area contributed by atoms with Gasteiger partial charge in [0, 0.05) is 13.7 Å². The lowest BCUT2D eigenvalue weighted by atomic mass is 9.84. The van der Waals surface area contributed by atoms with Crippen molar-refractivity contribution in [2.24, 2.45) is 11.8 Å². The van der Waals surface area contributed by atoms with Crippen LogP contribution in [0.25, 0.3) is 0 Å². The fraction of sp³-hybridized carbons (Fsp3) is 1.00. The van der Waals surface area contributed by atoms with Gasteiger partial charge in [-0.05, 0) is 31.3 Å². The molecule has 0 unspecified atom stereocenters. The summed E-state index contributed by atoms with van der Waals surface area (Å²) in [5.41, 5.74) is 0. The molecule has 0 spiro atoms. The van der Waals surface area contributed by atoms with Crippen LogP contribution in [0.2, 0.25) is 0 Å². The minimum absolute atomic E-state index is 0.452. The van der Waals surface area contributed by atoms with Crippen molar-refractivity contribution >= 4 is 0 Å². The molecule has 0 saturated carbocycles. The summed E-state index contributed by atoms with van der Waals surface area (Å²) in [5, 5.41) is 0. The highest BCUT2D eigenvalue weighted by atomic mass is 16.5. The number of hydrogen-bond donors (Lipinski definition) is 0. The highest BCUT2D eigenvalue weighted by molar-refractivity contribution is 4.82. The first-order valence-electron chi connectivity index (χ1n) is 5.44. The first kappa shape index (κ1) is 11.0. The van der Waals surface area contributed by atoms with Crippen LogP contribution in [0.4, 0.5) is 0 Å². The minimum atomic E-state index is 0.452. The van der Waals surface area contributed by atoms with E-state index in [1.165, 1.54) is 13.0 Å².